The van der Waals surface area contributed by atoms with Crippen molar-refractivity contribution in [2.24, 2.45) is 5.14 Å². The highest BCUT2D eigenvalue weighted by Gasteiger charge is 2.12. The van der Waals surface area contributed by atoms with E-state index in [1.54, 1.807) is 18.2 Å². The number of nitrogens with one attached hydrogen (secondary N) is 1. The topological polar surface area (TPSA) is 72.2 Å². The molecule has 1 radical (unpaired) electrons. The minimum atomic E-state index is -3.72. The fraction of sp³-hybridized carbons (Fsp3) is 0.111. The molecule has 0 unspecified atom stereocenters. The molecular weight excluding hydrogens is 200 g/mol. The van der Waals surface area contributed by atoms with E-state index in [-0.39, 0.29) is 4.90 Å². The van der Waals surface area contributed by atoms with Crippen molar-refractivity contribution >= 4 is 15.7 Å². The smallest absolute Gasteiger partial charge is 0.240 e. The Bertz CT molecular complexity index is 426. The number of nitrogens with two attached hydrogens (primary N) is 1. The number of rotatable bonds is 4. The van der Waals surface area contributed by atoms with E-state index in [1.807, 2.05) is 0 Å². The molecule has 1 aromatic carbocycles. The minimum absolute atomic E-state index is 0.0261. The molecule has 0 amide bonds. The summed E-state index contributed by atoms with van der Waals surface area (Å²) < 4.78 is 22.2. The van der Waals surface area contributed by atoms with E-state index in [0.717, 1.165) is 0 Å². The molecule has 0 heterocycles. The van der Waals surface area contributed by atoms with Gasteiger partial charge in [-0.1, -0.05) is 18.2 Å². The summed E-state index contributed by atoms with van der Waals surface area (Å²) in [5.74, 6) is 0. The van der Waals surface area contributed by atoms with E-state index < -0.39 is 10.0 Å². The van der Waals surface area contributed by atoms with Gasteiger partial charge < -0.3 is 5.32 Å². The lowest BCUT2D eigenvalue weighted by atomic mass is 10.3. The summed E-state index contributed by atoms with van der Waals surface area (Å²) in [6.07, 6.45) is 1.62. The van der Waals surface area contributed by atoms with Gasteiger partial charge in [0.15, 0.2) is 0 Å². The lowest BCUT2D eigenvalue weighted by molar-refractivity contribution is 0.598. The number of sulfonamides is 1. The number of benzene rings is 1. The predicted octanol–water partition coefficient (Wildman–Crippen LogP) is 0.732. The van der Waals surface area contributed by atoms with Crippen LogP contribution in [0.5, 0.6) is 0 Å². The number of hydrogen-bond donors (Lipinski definition) is 2. The van der Waals surface area contributed by atoms with Gasteiger partial charge in [-0.05, 0) is 6.07 Å². The summed E-state index contributed by atoms with van der Waals surface area (Å²) in [5.41, 5.74) is 0.440. The average Bonchev–Trinajstić information content (AvgIpc) is 2.14. The molecule has 0 aliphatic heterocycles. The van der Waals surface area contributed by atoms with Crippen LogP contribution in [-0.4, -0.2) is 15.0 Å². The Morgan fingerprint density at radius 2 is 2.36 bits per heavy atom. The molecule has 0 saturated heterocycles. The van der Waals surface area contributed by atoms with Crippen molar-refractivity contribution in [2.75, 3.05) is 11.9 Å². The van der Waals surface area contributed by atoms with Crippen molar-refractivity contribution < 1.29 is 8.42 Å². The lowest BCUT2D eigenvalue weighted by Gasteiger charge is -2.07. The molecule has 14 heavy (non-hydrogen) atoms. The summed E-state index contributed by atoms with van der Waals surface area (Å²) in [7, 11) is -3.72. The fourth-order valence-corrected chi connectivity index (χ4v) is 1.66. The summed E-state index contributed by atoms with van der Waals surface area (Å²) >= 11 is 0. The second kappa shape index (κ2) is 4.26. The summed E-state index contributed by atoms with van der Waals surface area (Å²) in [4.78, 5) is -0.0261. The third kappa shape index (κ3) is 2.58. The van der Waals surface area contributed by atoms with Crippen LogP contribution < -0.4 is 10.5 Å². The third-order valence-electron chi connectivity index (χ3n) is 1.54. The molecule has 0 aliphatic rings. The van der Waals surface area contributed by atoms with Crippen LogP contribution in [0.25, 0.3) is 0 Å². The maximum atomic E-state index is 11.1. The van der Waals surface area contributed by atoms with Gasteiger partial charge in [0.25, 0.3) is 0 Å². The Morgan fingerprint density at radius 3 is 2.93 bits per heavy atom. The van der Waals surface area contributed by atoms with Gasteiger partial charge in [-0.15, -0.1) is 6.58 Å². The van der Waals surface area contributed by atoms with Gasteiger partial charge in [0, 0.05) is 12.6 Å². The Labute approximate surface area is 83.5 Å². The fourth-order valence-electron chi connectivity index (χ4n) is 0.978. The SMILES string of the molecule is C=CCNc1ccc[c]c1S(N)(=O)=O. The first-order valence-electron chi connectivity index (χ1n) is 3.94. The molecule has 3 N–H and O–H groups in total. The van der Waals surface area contributed by atoms with Gasteiger partial charge >= 0.3 is 0 Å². The lowest BCUT2D eigenvalue weighted by Crippen LogP contribution is -2.15. The zero-order valence-corrected chi connectivity index (χ0v) is 8.34. The molecule has 0 saturated carbocycles. The second-order valence-corrected chi connectivity index (χ2v) is 4.13. The molecule has 0 atom stereocenters. The summed E-state index contributed by atoms with van der Waals surface area (Å²) in [5, 5.41) is 7.87. The highest BCUT2D eigenvalue weighted by molar-refractivity contribution is 7.89. The zero-order valence-electron chi connectivity index (χ0n) is 7.53. The molecule has 5 heteroatoms. The largest absolute Gasteiger partial charge is 0.380 e. The number of hydrogen-bond acceptors (Lipinski definition) is 3. The molecule has 0 bridgehead atoms. The van der Waals surface area contributed by atoms with E-state index in [1.165, 1.54) is 6.07 Å². The Morgan fingerprint density at radius 1 is 1.64 bits per heavy atom. The van der Waals surface area contributed by atoms with Crippen molar-refractivity contribution in [2.45, 2.75) is 4.90 Å². The quantitative estimate of drug-likeness (QED) is 0.721. The van der Waals surface area contributed by atoms with E-state index >= 15 is 0 Å². The zero-order chi connectivity index (χ0) is 10.6. The van der Waals surface area contributed by atoms with Crippen LogP contribution in [0.3, 0.4) is 0 Å². The van der Waals surface area contributed by atoms with Crippen LogP contribution in [0.1, 0.15) is 0 Å². The molecule has 4 nitrogen and oxygen atoms in total. The molecule has 75 valence electrons. The van der Waals surface area contributed by atoms with E-state index in [2.05, 4.69) is 18.0 Å². The number of anilines is 1. The van der Waals surface area contributed by atoms with Crippen LogP contribution in [-0.2, 0) is 10.0 Å². The first-order valence-corrected chi connectivity index (χ1v) is 5.48. The molecule has 1 rings (SSSR count). The van der Waals surface area contributed by atoms with Gasteiger partial charge in [-0.3, -0.25) is 0 Å². The second-order valence-electron chi connectivity index (χ2n) is 2.63. The minimum Gasteiger partial charge on any atom is -0.380 e. The van der Waals surface area contributed by atoms with Gasteiger partial charge in [0.2, 0.25) is 10.0 Å². The van der Waals surface area contributed by atoms with Crippen molar-refractivity contribution in [3.8, 4) is 0 Å². The van der Waals surface area contributed by atoms with Crippen molar-refractivity contribution in [3.05, 3.63) is 36.9 Å². The Kier molecular flexibility index (Phi) is 3.27. The molecule has 0 fully saturated rings. The average molecular weight is 211 g/mol. The highest BCUT2D eigenvalue weighted by atomic mass is 32.2. The highest BCUT2D eigenvalue weighted by Crippen LogP contribution is 2.17. The molecule has 0 spiro atoms. The Hall–Kier alpha value is -1.33. The van der Waals surface area contributed by atoms with E-state index in [9.17, 15) is 8.42 Å². The predicted molar refractivity (Wildman–Crippen MR) is 55.3 cm³/mol. The van der Waals surface area contributed by atoms with Gasteiger partial charge in [0.1, 0.15) is 4.90 Å². The van der Waals surface area contributed by atoms with Crippen LogP contribution in [0.4, 0.5) is 5.69 Å². The van der Waals surface area contributed by atoms with Crippen LogP contribution >= 0.6 is 0 Å². The monoisotopic (exact) mass is 211 g/mol. The van der Waals surface area contributed by atoms with Crippen LogP contribution in [0.15, 0.2) is 35.7 Å². The maximum Gasteiger partial charge on any atom is 0.240 e. The van der Waals surface area contributed by atoms with Crippen LogP contribution in [0.2, 0.25) is 0 Å². The molecule has 0 aromatic heterocycles. The summed E-state index contributed by atoms with van der Waals surface area (Å²) in [6.45, 7) is 3.99. The molecule has 1 aromatic rings. The van der Waals surface area contributed by atoms with Crippen molar-refractivity contribution in [1.82, 2.24) is 0 Å². The van der Waals surface area contributed by atoms with E-state index in [4.69, 9.17) is 5.14 Å². The van der Waals surface area contributed by atoms with Gasteiger partial charge in [-0.2, -0.15) is 0 Å². The van der Waals surface area contributed by atoms with Crippen molar-refractivity contribution in [3.63, 3.8) is 0 Å². The van der Waals surface area contributed by atoms with Crippen molar-refractivity contribution in [1.29, 1.82) is 0 Å². The van der Waals surface area contributed by atoms with Crippen LogP contribution in [0, 0.1) is 6.07 Å². The normalized spacial score (nSPS) is 10.9. The standard InChI is InChI=1S/C9H11N2O2S/c1-2-7-11-8-5-3-4-6-9(8)14(10,12)13/h2-5,11H,1,7H2,(H2,10,12,13). The number of primary sulfonamides is 1. The third-order valence-corrected chi connectivity index (χ3v) is 2.45. The molecule has 0 aliphatic carbocycles. The molecular formula is C9H11N2O2S. The summed E-state index contributed by atoms with van der Waals surface area (Å²) in [6, 6.07) is 7.38. The van der Waals surface area contributed by atoms with Gasteiger partial charge in [0.05, 0.1) is 5.69 Å². The Balaban J connectivity index is 3.10. The maximum absolute atomic E-state index is 11.1. The first-order chi connectivity index (χ1) is 6.55. The van der Waals surface area contributed by atoms with E-state index in [0.29, 0.717) is 12.2 Å². The van der Waals surface area contributed by atoms with Gasteiger partial charge in [-0.25, -0.2) is 13.6 Å². The first kappa shape index (κ1) is 10.7.